The van der Waals surface area contributed by atoms with Gasteiger partial charge in [0.1, 0.15) is 12.4 Å². The van der Waals surface area contributed by atoms with Crippen LogP contribution >= 0.6 is 27.5 Å². The molecule has 2 aromatic carbocycles. The van der Waals surface area contributed by atoms with Crippen molar-refractivity contribution in [1.82, 2.24) is 4.90 Å². The van der Waals surface area contributed by atoms with E-state index in [1.807, 2.05) is 47.4 Å². The third kappa shape index (κ3) is 6.62. The van der Waals surface area contributed by atoms with Gasteiger partial charge in [-0.15, -0.1) is 0 Å². The minimum atomic E-state index is -1.76. The molecule has 1 fully saturated rings. The lowest BCUT2D eigenvalue weighted by Gasteiger charge is -2.36. The number of rotatable bonds is 9. The van der Waals surface area contributed by atoms with Gasteiger partial charge in [-0.2, -0.15) is 0 Å². The molecule has 1 amide bonds. The molecule has 0 N–H and O–H groups in total. The van der Waals surface area contributed by atoms with Crippen molar-refractivity contribution < 1.29 is 14.0 Å². The number of nitrogens with zero attached hydrogens (tertiary/aromatic N) is 1. The molecule has 0 spiro atoms. The standard InChI is InChI=1S/C26H35BrClNO3Si/c1-26(2,3)33(4,5)32-15-9-14-29-17-20(16-23(29)30)24-22(13-12-21(28)25(24)27)31-18-19-10-7-6-8-11-19/h6-8,10-13,20H,9,14-18H2,1-5H3. The van der Waals surface area contributed by atoms with Crippen LogP contribution in [-0.2, 0) is 15.8 Å². The van der Waals surface area contributed by atoms with Crippen molar-refractivity contribution in [2.24, 2.45) is 0 Å². The third-order valence-electron chi connectivity index (χ3n) is 6.79. The Morgan fingerprint density at radius 3 is 2.52 bits per heavy atom. The zero-order valence-electron chi connectivity index (χ0n) is 20.3. The highest BCUT2D eigenvalue weighted by Crippen LogP contribution is 2.42. The fourth-order valence-electron chi connectivity index (χ4n) is 3.77. The van der Waals surface area contributed by atoms with Gasteiger partial charge in [0.15, 0.2) is 8.32 Å². The molecular weight excluding hydrogens is 518 g/mol. The molecule has 1 saturated heterocycles. The molecule has 0 saturated carbocycles. The first kappa shape index (κ1) is 26.3. The predicted octanol–water partition coefficient (Wildman–Crippen LogP) is 7.41. The van der Waals surface area contributed by atoms with Crippen molar-refractivity contribution in [1.29, 1.82) is 0 Å². The van der Waals surface area contributed by atoms with Crippen LogP contribution in [0, 0.1) is 0 Å². The predicted molar refractivity (Wildman–Crippen MR) is 142 cm³/mol. The van der Waals surface area contributed by atoms with Crippen LogP contribution < -0.4 is 4.74 Å². The normalized spacial score (nSPS) is 17.0. The number of carbonyl (C=O) groups is 1. The topological polar surface area (TPSA) is 38.8 Å². The maximum atomic E-state index is 12.8. The van der Waals surface area contributed by atoms with Gasteiger partial charge in [-0.05, 0) is 58.2 Å². The van der Waals surface area contributed by atoms with E-state index >= 15 is 0 Å². The molecule has 33 heavy (non-hydrogen) atoms. The van der Waals surface area contributed by atoms with Crippen molar-refractivity contribution in [2.75, 3.05) is 19.7 Å². The van der Waals surface area contributed by atoms with Crippen molar-refractivity contribution in [3.8, 4) is 5.75 Å². The average Bonchev–Trinajstić information content (AvgIpc) is 3.12. The van der Waals surface area contributed by atoms with E-state index < -0.39 is 8.32 Å². The maximum Gasteiger partial charge on any atom is 0.223 e. The Hall–Kier alpha value is -1.34. The van der Waals surface area contributed by atoms with Crippen LogP contribution in [0.5, 0.6) is 5.75 Å². The monoisotopic (exact) mass is 551 g/mol. The molecule has 7 heteroatoms. The summed E-state index contributed by atoms with van der Waals surface area (Å²) in [7, 11) is -1.76. The quantitative estimate of drug-likeness (QED) is 0.240. The van der Waals surface area contributed by atoms with Crippen LogP contribution in [0.3, 0.4) is 0 Å². The molecule has 1 aliphatic heterocycles. The first-order valence-corrected chi connectivity index (χ1v) is 15.6. The van der Waals surface area contributed by atoms with Crippen molar-refractivity contribution in [2.45, 2.75) is 64.3 Å². The molecule has 0 aromatic heterocycles. The zero-order chi connectivity index (χ0) is 24.2. The van der Waals surface area contributed by atoms with E-state index in [2.05, 4.69) is 49.8 Å². The molecule has 1 unspecified atom stereocenters. The van der Waals surface area contributed by atoms with Crippen LogP contribution in [0.15, 0.2) is 46.9 Å². The molecule has 1 aliphatic rings. The highest BCUT2D eigenvalue weighted by molar-refractivity contribution is 9.10. The SMILES string of the molecule is CC(C)(C)[Si](C)(C)OCCCN1CC(c2c(OCc3ccccc3)ccc(Cl)c2Br)CC1=O. The van der Waals surface area contributed by atoms with E-state index in [1.165, 1.54) is 0 Å². The van der Waals surface area contributed by atoms with Crippen LogP contribution in [0.2, 0.25) is 23.2 Å². The van der Waals surface area contributed by atoms with Crippen LogP contribution in [0.25, 0.3) is 0 Å². The summed E-state index contributed by atoms with van der Waals surface area (Å²) in [6.07, 6.45) is 1.31. The summed E-state index contributed by atoms with van der Waals surface area (Å²) in [5.41, 5.74) is 2.08. The molecule has 2 aromatic rings. The first-order chi connectivity index (χ1) is 15.5. The summed E-state index contributed by atoms with van der Waals surface area (Å²) in [4.78, 5) is 14.8. The van der Waals surface area contributed by atoms with E-state index in [0.29, 0.717) is 37.7 Å². The number of hydrogen-bond donors (Lipinski definition) is 0. The zero-order valence-corrected chi connectivity index (χ0v) is 23.6. The average molecular weight is 553 g/mol. The third-order valence-corrected chi connectivity index (χ3v) is 12.7. The minimum absolute atomic E-state index is 0.0395. The van der Waals surface area contributed by atoms with E-state index in [4.69, 9.17) is 20.8 Å². The van der Waals surface area contributed by atoms with E-state index in [9.17, 15) is 4.79 Å². The second-order valence-corrected chi connectivity index (χ2v) is 16.3. The lowest BCUT2D eigenvalue weighted by Crippen LogP contribution is -2.41. The van der Waals surface area contributed by atoms with Gasteiger partial charge in [0, 0.05) is 42.1 Å². The molecule has 4 nitrogen and oxygen atoms in total. The van der Waals surface area contributed by atoms with Gasteiger partial charge >= 0.3 is 0 Å². The van der Waals surface area contributed by atoms with Gasteiger partial charge in [0.05, 0.1) is 5.02 Å². The highest BCUT2D eigenvalue weighted by Gasteiger charge is 2.37. The Kier molecular flexibility index (Phi) is 8.70. The molecule has 3 rings (SSSR count). The summed E-state index contributed by atoms with van der Waals surface area (Å²) in [6, 6.07) is 13.8. The van der Waals surface area contributed by atoms with E-state index in [-0.39, 0.29) is 16.9 Å². The molecule has 1 atom stereocenters. The molecule has 0 aliphatic carbocycles. The summed E-state index contributed by atoms with van der Waals surface area (Å²) < 4.78 is 13.3. The molecular formula is C26H35BrClNO3Si. The number of amides is 1. The number of likely N-dealkylation sites (tertiary alicyclic amines) is 1. The minimum Gasteiger partial charge on any atom is -0.489 e. The second kappa shape index (κ2) is 10.9. The second-order valence-electron chi connectivity index (χ2n) is 10.3. The van der Waals surface area contributed by atoms with Crippen LogP contribution in [0.4, 0.5) is 0 Å². The highest BCUT2D eigenvalue weighted by atomic mass is 79.9. The van der Waals surface area contributed by atoms with Gasteiger partial charge < -0.3 is 14.1 Å². The van der Waals surface area contributed by atoms with Crippen molar-refractivity contribution in [3.05, 3.63) is 63.1 Å². The lowest BCUT2D eigenvalue weighted by atomic mass is 9.97. The molecule has 1 heterocycles. The number of hydrogen-bond acceptors (Lipinski definition) is 3. The number of benzene rings is 2. The van der Waals surface area contributed by atoms with Gasteiger partial charge in [0.2, 0.25) is 5.91 Å². The van der Waals surface area contributed by atoms with Gasteiger partial charge in [-0.1, -0.05) is 62.7 Å². The number of carbonyl (C=O) groups excluding carboxylic acids is 1. The summed E-state index contributed by atoms with van der Waals surface area (Å²) in [6.45, 7) is 13.8. The number of halogens is 2. The summed E-state index contributed by atoms with van der Waals surface area (Å²) in [5, 5.41) is 0.821. The summed E-state index contributed by atoms with van der Waals surface area (Å²) >= 11 is 10.1. The largest absolute Gasteiger partial charge is 0.489 e. The van der Waals surface area contributed by atoms with Gasteiger partial charge in [-0.25, -0.2) is 0 Å². The Morgan fingerprint density at radius 2 is 1.85 bits per heavy atom. The Bertz CT molecular complexity index is 962. The smallest absolute Gasteiger partial charge is 0.223 e. The van der Waals surface area contributed by atoms with Gasteiger partial charge in [-0.3, -0.25) is 4.79 Å². The van der Waals surface area contributed by atoms with Crippen LogP contribution in [0.1, 0.15) is 50.7 Å². The molecule has 0 radical (unpaired) electrons. The molecule has 180 valence electrons. The maximum absolute atomic E-state index is 12.8. The lowest BCUT2D eigenvalue weighted by molar-refractivity contribution is -0.127. The fraction of sp³-hybridized carbons (Fsp3) is 0.500. The van der Waals surface area contributed by atoms with Crippen molar-refractivity contribution in [3.63, 3.8) is 0 Å². The fourth-order valence-corrected chi connectivity index (χ4v) is 5.67. The molecule has 0 bridgehead atoms. The number of ether oxygens (including phenoxy) is 1. The first-order valence-electron chi connectivity index (χ1n) is 11.6. The Balaban J connectivity index is 1.64. The van der Waals surface area contributed by atoms with Gasteiger partial charge in [0.25, 0.3) is 0 Å². The van der Waals surface area contributed by atoms with E-state index in [0.717, 1.165) is 27.8 Å². The Labute approximate surface area is 212 Å². The van der Waals surface area contributed by atoms with Crippen molar-refractivity contribution >= 4 is 41.8 Å². The van der Waals surface area contributed by atoms with E-state index in [1.54, 1.807) is 0 Å². The summed E-state index contributed by atoms with van der Waals surface area (Å²) in [5.74, 6) is 0.988. The van der Waals surface area contributed by atoms with Crippen LogP contribution in [-0.4, -0.2) is 38.8 Å². The Morgan fingerprint density at radius 1 is 1.15 bits per heavy atom.